The maximum absolute atomic E-state index is 11.6. The van der Waals surface area contributed by atoms with Gasteiger partial charge in [0.05, 0.1) is 13.2 Å². The molecule has 104 valence electrons. The van der Waals surface area contributed by atoms with Gasteiger partial charge in [0, 0.05) is 30.2 Å². The van der Waals surface area contributed by atoms with Crippen molar-refractivity contribution in [2.45, 2.75) is 0 Å². The Morgan fingerprint density at radius 1 is 1.20 bits per heavy atom. The number of aromatic carboxylic acids is 1. The molecule has 1 aromatic carbocycles. The van der Waals surface area contributed by atoms with E-state index < -0.39 is 11.6 Å². The number of anilines is 1. The van der Waals surface area contributed by atoms with Crippen molar-refractivity contribution in [3.05, 3.63) is 40.2 Å². The van der Waals surface area contributed by atoms with Gasteiger partial charge in [-0.1, -0.05) is 0 Å². The lowest BCUT2D eigenvalue weighted by atomic mass is 10.1. The number of fused-ring (bicyclic) bond motifs is 1. The highest BCUT2D eigenvalue weighted by molar-refractivity contribution is 5.92. The van der Waals surface area contributed by atoms with Crippen LogP contribution in [0, 0.1) is 0 Å². The molecule has 1 aliphatic rings. The molecule has 0 radical (unpaired) electrons. The van der Waals surface area contributed by atoms with Gasteiger partial charge in [0.2, 0.25) is 0 Å². The second kappa shape index (κ2) is 4.97. The van der Waals surface area contributed by atoms with Crippen molar-refractivity contribution in [2.75, 3.05) is 31.2 Å². The molecular formula is C14H13NO5. The minimum absolute atomic E-state index is 0.350. The summed E-state index contributed by atoms with van der Waals surface area (Å²) in [5.74, 6) is -1.28. The molecule has 20 heavy (non-hydrogen) atoms. The van der Waals surface area contributed by atoms with Gasteiger partial charge in [-0.2, -0.15) is 0 Å². The predicted octanol–water partition coefficient (Wildman–Crippen LogP) is 1.33. The molecule has 0 bridgehead atoms. The van der Waals surface area contributed by atoms with E-state index in [-0.39, 0.29) is 5.56 Å². The van der Waals surface area contributed by atoms with Gasteiger partial charge in [0.25, 0.3) is 0 Å². The largest absolute Gasteiger partial charge is 0.477 e. The van der Waals surface area contributed by atoms with Crippen molar-refractivity contribution < 1.29 is 19.1 Å². The number of carbonyl (C=O) groups is 1. The topological polar surface area (TPSA) is 80.0 Å². The molecule has 1 aliphatic heterocycles. The third kappa shape index (κ3) is 2.25. The zero-order valence-corrected chi connectivity index (χ0v) is 10.7. The molecule has 0 spiro atoms. The lowest BCUT2D eigenvalue weighted by Gasteiger charge is -2.28. The van der Waals surface area contributed by atoms with Gasteiger partial charge in [-0.3, -0.25) is 0 Å². The van der Waals surface area contributed by atoms with Crippen molar-refractivity contribution in [2.24, 2.45) is 0 Å². The summed E-state index contributed by atoms with van der Waals surface area (Å²) >= 11 is 0. The van der Waals surface area contributed by atoms with Crippen LogP contribution in [0.5, 0.6) is 0 Å². The first kappa shape index (κ1) is 12.7. The Bertz CT molecular complexity index is 715. The van der Waals surface area contributed by atoms with Gasteiger partial charge in [-0.05, 0) is 18.2 Å². The summed E-state index contributed by atoms with van der Waals surface area (Å²) in [5, 5.41) is 9.50. The minimum Gasteiger partial charge on any atom is -0.477 e. The number of hydrogen-bond acceptors (Lipinski definition) is 5. The Morgan fingerprint density at radius 2 is 1.95 bits per heavy atom. The van der Waals surface area contributed by atoms with Crippen LogP contribution in [-0.2, 0) is 4.74 Å². The van der Waals surface area contributed by atoms with Crippen LogP contribution in [0.15, 0.2) is 33.5 Å². The maximum Gasteiger partial charge on any atom is 0.351 e. The number of hydrogen-bond donors (Lipinski definition) is 1. The van der Waals surface area contributed by atoms with Gasteiger partial charge < -0.3 is 19.2 Å². The van der Waals surface area contributed by atoms with Crippen molar-refractivity contribution in [3.63, 3.8) is 0 Å². The number of carboxylic acid groups (broad SMARTS) is 1. The molecule has 2 heterocycles. The molecule has 6 nitrogen and oxygen atoms in total. The first-order valence-electron chi connectivity index (χ1n) is 6.29. The molecule has 0 aliphatic carbocycles. The quantitative estimate of drug-likeness (QED) is 0.833. The maximum atomic E-state index is 11.6. The number of carboxylic acids is 1. The Morgan fingerprint density at radius 3 is 2.65 bits per heavy atom. The molecule has 0 amide bonds. The predicted molar refractivity (Wildman–Crippen MR) is 72.5 cm³/mol. The standard InChI is InChI=1S/C14H13NO5/c16-13(17)11-7-9-1-2-10(8-12(9)20-14(11)18)15-3-5-19-6-4-15/h1-2,7-8H,3-6H2,(H,16,17). The third-order valence-corrected chi connectivity index (χ3v) is 3.33. The van der Waals surface area contributed by atoms with Crippen LogP contribution in [0.3, 0.4) is 0 Å². The van der Waals surface area contributed by atoms with Gasteiger partial charge >= 0.3 is 11.6 Å². The lowest BCUT2D eigenvalue weighted by Crippen LogP contribution is -2.36. The fraction of sp³-hybridized carbons (Fsp3) is 0.286. The summed E-state index contributed by atoms with van der Waals surface area (Å²) in [6.45, 7) is 2.89. The normalized spacial score (nSPS) is 15.5. The summed E-state index contributed by atoms with van der Waals surface area (Å²) < 4.78 is 10.4. The zero-order valence-electron chi connectivity index (χ0n) is 10.7. The molecule has 6 heteroatoms. The van der Waals surface area contributed by atoms with Crippen LogP contribution in [-0.4, -0.2) is 37.4 Å². The van der Waals surface area contributed by atoms with Gasteiger partial charge in [0.15, 0.2) is 0 Å². The van der Waals surface area contributed by atoms with Crippen LogP contribution >= 0.6 is 0 Å². The van der Waals surface area contributed by atoms with E-state index >= 15 is 0 Å². The van der Waals surface area contributed by atoms with E-state index in [9.17, 15) is 9.59 Å². The van der Waals surface area contributed by atoms with Crippen LogP contribution < -0.4 is 10.5 Å². The number of ether oxygens (including phenoxy) is 1. The highest BCUT2D eigenvalue weighted by atomic mass is 16.5. The SMILES string of the molecule is O=C(O)c1cc2ccc(N3CCOCC3)cc2oc1=O. The second-order valence-electron chi connectivity index (χ2n) is 4.57. The summed E-state index contributed by atoms with van der Waals surface area (Å²) in [4.78, 5) is 24.6. The lowest BCUT2D eigenvalue weighted by molar-refractivity contribution is 0.0692. The molecule has 3 rings (SSSR count). The first-order valence-corrected chi connectivity index (χ1v) is 6.29. The van der Waals surface area contributed by atoms with E-state index in [1.807, 2.05) is 6.07 Å². The molecule has 1 N–H and O–H groups in total. The molecule has 1 saturated heterocycles. The number of benzene rings is 1. The second-order valence-corrected chi connectivity index (χ2v) is 4.57. The first-order chi connectivity index (χ1) is 9.65. The molecule has 0 saturated carbocycles. The average Bonchev–Trinajstić information content (AvgIpc) is 2.46. The summed E-state index contributed by atoms with van der Waals surface area (Å²) in [6, 6.07) is 6.75. The van der Waals surface area contributed by atoms with Crippen molar-refractivity contribution in [1.82, 2.24) is 0 Å². The van der Waals surface area contributed by atoms with E-state index in [1.54, 1.807) is 12.1 Å². The smallest absolute Gasteiger partial charge is 0.351 e. The highest BCUT2D eigenvalue weighted by Crippen LogP contribution is 2.22. The van der Waals surface area contributed by atoms with Crippen LogP contribution in [0.1, 0.15) is 10.4 Å². The van der Waals surface area contributed by atoms with E-state index in [2.05, 4.69) is 4.90 Å². The van der Waals surface area contributed by atoms with E-state index in [1.165, 1.54) is 6.07 Å². The Hall–Kier alpha value is -2.34. The number of nitrogens with zero attached hydrogens (tertiary/aromatic N) is 1. The molecule has 1 aromatic heterocycles. The van der Waals surface area contributed by atoms with E-state index in [0.29, 0.717) is 24.2 Å². The molecule has 0 unspecified atom stereocenters. The highest BCUT2D eigenvalue weighted by Gasteiger charge is 2.15. The van der Waals surface area contributed by atoms with Crippen molar-refractivity contribution in [1.29, 1.82) is 0 Å². The number of rotatable bonds is 2. The Labute approximate surface area is 114 Å². The van der Waals surface area contributed by atoms with Crippen LogP contribution in [0.4, 0.5) is 5.69 Å². The molecule has 2 aromatic rings. The minimum atomic E-state index is -1.28. The summed E-state index contributed by atoms with van der Waals surface area (Å²) in [6.07, 6.45) is 0. The Kier molecular flexibility index (Phi) is 3.15. The molecule has 1 fully saturated rings. The molecule has 0 atom stereocenters. The van der Waals surface area contributed by atoms with E-state index in [4.69, 9.17) is 14.3 Å². The van der Waals surface area contributed by atoms with Gasteiger partial charge in [-0.15, -0.1) is 0 Å². The molecular weight excluding hydrogens is 262 g/mol. The fourth-order valence-electron chi connectivity index (χ4n) is 2.27. The van der Waals surface area contributed by atoms with Gasteiger partial charge in [-0.25, -0.2) is 9.59 Å². The van der Waals surface area contributed by atoms with Crippen LogP contribution in [0.2, 0.25) is 0 Å². The number of morpholine rings is 1. The van der Waals surface area contributed by atoms with Crippen molar-refractivity contribution >= 4 is 22.6 Å². The summed E-state index contributed by atoms with van der Waals surface area (Å²) in [5.41, 5.74) is 0.150. The fourth-order valence-corrected chi connectivity index (χ4v) is 2.27. The third-order valence-electron chi connectivity index (χ3n) is 3.33. The van der Waals surface area contributed by atoms with Crippen LogP contribution in [0.25, 0.3) is 11.0 Å². The van der Waals surface area contributed by atoms with Crippen molar-refractivity contribution in [3.8, 4) is 0 Å². The van der Waals surface area contributed by atoms with Gasteiger partial charge in [0.1, 0.15) is 11.1 Å². The zero-order chi connectivity index (χ0) is 14.1. The average molecular weight is 275 g/mol. The van der Waals surface area contributed by atoms with E-state index in [0.717, 1.165) is 18.8 Å². The summed E-state index contributed by atoms with van der Waals surface area (Å²) in [7, 11) is 0. The monoisotopic (exact) mass is 275 g/mol. The Balaban J connectivity index is 2.05.